The van der Waals surface area contributed by atoms with Gasteiger partial charge in [0, 0.05) is 23.8 Å². The minimum absolute atomic E-state index is 0.270. The molecule has 0 saturated carbocycles. The largest absolute Gasteiger partial charge is 0.316 e. The fourth-order valence-electron chi connectivity index (χ4n) is 1.67. The van der Waals surface area contributed by atoms with Crippen LogP contribution in [-0.4, -0.2) is 27.5 Å². The molecule has 1 aromatic heterocycles. The van der Waals surface area contributed by atoms with Gasteiger partial charge in [-0.25, -0.2) is 0 Å². The van der Waals surface area contributed by atoms with Crippen molar-refractivity contribution in [2.75, 3.05) is 13.1 Å². The van der Waals surface area contributed by atoms with Crippen molar-refractivity contribution in [2.24, 2.45) is 0 Å². The molecule has 4 heteroatoms. The lowest BCUT2D eigenvalue weighted by Crippen LogP contribution is -2.36. The van der Waals surface area contributed by atoms with Gasteiger partial charge in [-0.05, 0) is 31.5 Å². The van der Waals surface area contributed by atoms with E-state index in [2.05, 4.69) is 10.3 Å². The van der Waals surface area contributed by atoms with E-state index in [1.165, 1.54) is 0 Å². The van der Waals surface area contributed by atoms with Gasteiger partial charge in [0.1, 0.15) is 0 Å². The van der Waals surface area contributed by atoms with Gasteiger partial charge >= 0.3 is 0 Å². The third-order valence-corrected chi connectivity index (χ3v) is 4.18. The van der Waals surface area contributed by atoms with Crippen LogP contribution in [0, 0.1) is 0 Å². The first kappa shape index (κ1) is 9.80. The molecule has 2 atom stereocenters. The summed E-state index contributed by atoms with van der Waals surface area (Å²) in [6.45, 7) is 1.93. The van der Waals surface area contributed by atoms with E-state index in [0.29, 0.717) is 0 Å². The molecule has 0 aromatic carbocycles. The second kappa shape index (κ2) is 4.66. The smallest absolute Gasteiger partial charge is 0.0574 e. The van der Waals surface area contributed by atoms with Gasteiger partial charge in [-0.15, -0.1) is 0 Å². The Kier molecular flexibility index (Phi) is 3.26. The van der Waals surface area contributed by atoms with Crippen molar-refractivity contribution in [3.63, 3.8) is 0 Å². The van der Waals surface area contributed by atoms with Crippen LogP contribution in [0.1, 0.15) is 12.8 Å². The molecule has 2 rings (SSSR count). The Balaban J connectivity index is 2.07. The summed E-state index contributed by atoms with van der Waals surface area (Å²) in [5.74, 6) is 0. The summed E-state index contributed by atoms with van der Waals surface area (Å²) >= 11 is 0. The number of pyridine rings is 1. The number of rotatable bonds is 2. The summed E-state index contributed by atoms with van der Waals surface area (Å²) in [6.07, 6.45) is 5.58. The summed E-state index contributed by atoms with van der Waals surface area (Å²) < 4.78 is 12.0. The van der Waals surface area contributed by atoms with E-state index in [-0.39, 0.29) is 5.25 Å². The van der Waals surface area contributed by atoms with Crippen molar-refractivity contribution >= 4 is 10.8 Å². The first-order valence-electron chi connectivity index (χ1n) is 4.89. The molecule has 76 valence electrons. The molecule has 1 saturated heterocycles. The lowest BCUT2D eigenvalue weighted by molar-refractivity contribution is 0.519. The molecule has 0 unspecified atom stereocenters. The van der Waals surface area contributed by atoms with Crippen LogP contribution < -0.4 is 5.32 Å². The van der Waals surface area contributed by atoms with Crippen molar-refractivity contribution in [3.8, 4) is 0 Å². The van der Waals surface area contributed by atoms with Crippen LogP contribution in [0.15, 0.2) is 29.4 Å². The summed E-state index contributed by atoms with van der Waals surface area (Å²) in [5.41, 5.74) is 0. The highest BCUT2D eigenvalue weighted by atomic mass is 32.2. The van der Waals surface area contributed by atoms with Crippen LogP contribution >= 0.6 is 0 Å². The van der Waals surface area contributed by atoms with Crippen LogP contribution in [0.4, 0.5) is 0 Å². The highest BCUT2D eigenvalue weighted by Crippen LogP contribution is 2.15. The maximum atomic E-state index is 12.0. The summed E-state index contributed by atoms with van der Waals surface area (Å²) in [4.78, 5) is 4.82. The number of aromatic nitrogens is 1. The number of hydrogen-bond donors (Lipinski definition) is 1. The summed E-state index contributed by atoms with van der Waals surface area (Å²) in [7, 11) is -0.872. The molecule has 0 amide bonds. The maximum absolute atomic E-state index is 12.0. The van der Waals surface area contributed by atoms with Gasteiger partial charge in [0.25, 0.3) is 0 Å². The molecule has 1 fully saturated rings. The Morgan fingerprint density at radius 1 is 1.43 bits per heavy atom. The Labute approximate surface area is 86.4 Å². The second-order valence-electron chi connectivity index (χ2n) is 3.45. The minimum Gasteiger partial charge on any atom is -0.316 e. The molecule has 1 aliphatic rings. The first-order valence-corrected chi connectivity index (χ1v) is 6.10. The van der Waals surface area contributed by atoms with Crippen LogP contribution in [0.3, 0.4) is 0 Å². The van der Waals surface area contributed by atoms with Gasteiger partial charge in [-0.1, -0.05) is 0 Å². The lowest BCUT2D eigenvalue weighted by atomic mass is 10.2. The normalized spacial score (nSPS) is 24.4. The van der Waals surface area contributed by atoms with Gasteiger partial charge in [0.05, 0.1) is 16.0 Å². The third-order valence-electron chi connectivity index (χ3n) is 2.44. The van der Waals surface area contributed by atoms with Gasteiger partial charge in [0.2, 0.25) is 0 Å². The molecular weight excluding hydrogens is 196 g/mol. The van der Waals surface area contributed by atoms with Crippen LogP contribution in [0.5, 0.6) is 0 Å². The molecule has 3 nitrogen and oxygen atoms in total. The zero-order valence-corrected chi connectivity index (χ0v) is 8.80. The topological polar surface area (TPSA) is 42.0 Å². The van der Waals surface area contributed by atoms with Crippen molar-refractivity contribution in [2.45, 2.75) is 23.0 Å². The first-order chi connectivity index (χ1) is 6.88. The number of hydrogen-bond acceptors (Lipinski definition) is 3. The fourth-order valence-corrected chi connectivity index (χ4v) is 3.09. The van der Waals surface area contributed by atoms with Crippen molar-refractivity contribution in [3.05, 3.63) is 24.5 Å². The molecule has 1 aromatic rings. The standard InChI is InChI=1S/C10H14N2OS/c13-14(9-3-6-11-7-4-9)10-2-1-5-12-8-10/h3-4,6-7,10,12H,1-2,5,8H2/t10-,14-/m0/s1. The molecular formula is C10H14N2OS. The van der Waals surface area contributed by atoms with Gasteiger partial charge in [-0.2, -0.15) is 0 Å². The Hall–Kier alpha value is -0.740. The third kappa shape index (κ3) is 2.19. The molecule has 1 aliphatic heterocycles. The second-order valence-corrected chi connectivity index (χ2v) is 5.18. The van der Waals surface area contributed by atoms with Crippen molar-refractivity contribution in [1.82, 2.24) is 10.3 Å². The Bertz CT molecular complexity index is 309. The number of nitrogens with one attached hydrogen (secondary N) is 1. The highest BCUT2D eigenvalue weighted by Gasteiger charge is 2.20. The molecule has 0 radical (unpaired) electrons. The molecule has 0 aliphatic carbocycles. The van der Waals surface area contributed by atoms with E-state index >= 15 is 0 Å². The van der Waals surface area contributed by atoms with E-state index < -0.39 is 10.8 Å². The summed E-state index contributed by atoms with van der Waals surface area (Å²) in [6, 6.07) is 3.68. The lowest BCUT2D eigenvalue weighted by Gasteiger charge is -2.21. The number of piperidine rings is 1. The molecule has 14 heavy (non-hydrogen) atoms. The SMILES string of the molecule is O=[S@@](c1ccncc1)[C@H]1CCCNC1. The van der Waals surface area contributed by atoms with E-state index in [4.69, 9.17) is 0 Å². The molecule has 1 N–H and O–H groups in total. The van der Waals surface area contributed by atoms with Gasteiger partial charge in [-0.3, -0.25) is 9.19 Å². The van der Waals surface area contributed by atoms with E-state index in [0.717, 1.165) is 30.8 Å². The van der Waals surface area contributed by atoms with E-state index in [1.807, 2.05) is 12.1 Å². The monoisotopic (exact) mass is 210 g/mol. The van der Waals surface area contributed by atoms with Crippen LogP contribution in [-0.2, 0) is 10.8 Å². The molecule has 0 spiro atoms. The highest BCUT2D eigenvalue weighted by molar-refractivity contribution is 7.85. The van der Waals surface area contributed by atoms with Crippen LogP contribution in [0.2, 0.25) is 0 Å². The molecule has 0 bridgehead atoms. The Morgan fingerprint density at radius 3 is 2.86 bits per heavy atom. The van der Waals surface area contributed by atoms with Gasteiger partial charge in [0.15, 0.2) is 0 Å². The van der Waals surface area contributed by atoms with E-state index in [9.17, 15) is 4.21 Å². The zero-order chi connectivity index (χ0) is 9.80. The van der Waals surface area contributed by atoms with Crippen molar-refractivity contribution in [1.29, 1.82) is 0 Å². The average Bonchev–Trinajstić information content (AvgIpc) is 2.30. The summed E-state index contributed by atoms with van der Waals surface area (Å²) in [5, 5.41) is 3.55. The number of nitrogens with zero attached hydrogens (tertiary/aromatic N) is 1. The van der Waals surface area contributed by atoms with E-state index in [1.54, 1.807) is 12.4 Å². The predicted molar refractivity (Wildman–Crippen MR) is 56.5 cm³/mol. The molecule has 2 heterocycles. The predicted octanol–water partition coefficient (Wildman–Crippen LogP) is 0.941. The maximum Gasteiger partial charge on any atom is 0.0574 e. The minimum atomic E-state index is -0.872. The van der Waals surface area contributed by atoms with Gasteiger partial charge < -0.3 is 5.32 Å². The average molecular weight is 210 g/mol. The van der Waals surface area contributed by atoms with Crippen LogP contribution in [0.25, 0.3) is 0 Å². The zero-order valence-electron chi connectivity index (χ0n) is 7.98. The fraction of sp³-hybridized carbons (Fsp3) is 0.500. The Morgan fingerprint density at radius 2 is 2.21 bits per heavy atom. The quantitative estimate of drug-likeness (QED) is 0.790. The van der Waals surface area contributed by atoms with Crippen molar-refractivity contribution < 1.29 is 4.21 Å².